The molecular formula is C30H22O8S. The van der Waals surface area contributed by atoms with Crippen LogP contribution in [0.5, 0.6) is 23.0 Å². The number of ketones is 2. The van der Waals surface area contributed by atoms with Gasteiger partial charge in [0.25, 0.3) is 0 Å². The number of Topliss-reactive ketones (excluding diaryl/α,β-unsaturated/α-hetero) is 2. The summed E-state index contributed by atoms with van der Waals surface area (Å²) in [6.07, 6.45) is 0. The van der Waals surface area contributed by atoms with Crippen LogP contribution in [0.1, 0.15) is 55.3 Å². The van der Waals surface area contributed by atoms with Crippen molar-refractivity contribution < 1.29 is 38.9 Å². The first-order chi connectivity index (χ1) is 18.6. The maximum atomic E-state index is 12.8. The summed E-state index contributed by atoms with van der Waals surface area (Å²) < 4.78 is 11.1. The van der Waals surface area contributed by atoms with Crippen LogP contribution < -0.4 is 9.47 Å². The second-order valence-electron chi connectivity index (χ2n) is 8.36. The van der Waals surface area contributed by atoms with Gasteiger partial charge in [0, 0.05) is 12.1 Å². The van der Waals surface area contributed by atoms with Gasteiger partial charge in [0.15, 0.2) is 11.6 Å². The lowest BCUT2D eigenvalue weighted by Gasteiger charge is -2.16. The van der Waals surface area contributed by atoms with Crippen LogP contribution in [0, 0.1) is 0 Å². The molecule has 2 N–H and O–H groups in total. The van der Waals surface area contributed by atoms with Gasteiger partial charge in [-0.05, 0) is 50.2 Å². The Morgan fingerprint density at radius 1 is 0.590 bits per heavy atom. The SMILES string of the molecule is CC(=O)c1cc(Sc2cc(C(C)=O)c(O)cc2OC(=O)c2ccccc2)c(OC(=O)c2ccccc2)cc1O. The van der Waals surface area contributed by atoms with E-state index in [2.05, 4.69) is 0 Å². The molecule has 0 amide bonds. The van der Waals surface area contributed by atoms with Crippen LogP contribution >= 0.6 is 11.8 Å². The third kappa shape index (κ3) is 6.34. The molecule has 0 unspecified atom stereocenters. The Balaban J connectivity index is 1.79. The highest BCUT2D eigenvalue weighted by Crippen LogP contribution is 2.44. The van der Waals surface area contributed by atoms with Gasteiger partial charge in [0.05, 0.1) is 32.0 Å². The van der Waals surface area contributed by atoms with E-state index in [1.54, 1.807) is 60.7 Å². The molecule has 0 aliphatic carbocycles. The summed E-state index contributed by atoms with van der Waals surface area (Å²) in [6.45, 7) is 2.53. The Hall–Kier alpha value is -4.89. The van der Waals surface area contributed by atoms with Gasteiger partial charge in [-0.3, -0.25) is 9.59 Å². The van der Waals surface area contributed by atoms with Crippen LogP contribution in [-0.2, 0) is 0 Å². The summed E-state index contributed by atoms with van der Waals surface area (Å²) in [5.74, 6) is -3.25. The first-order valence-electron chi connectivity index (χ1n) is 11.6. The molecule has 0 atom stereocenters. The van der Waals surface area contributed by atoms with Crippen LogP contribution in [0.3, 0.4) is 0 Å². The van der Waals surface area contributed by atoms with E-state index in [1.807, 2.05) is 0 Å². The summed E-state index contributed by atoms with van der Waals surface area (Å²) in [6, 6.07) is 21.3. The minimum absolute atomic E-state index is 0.0367. The van der Waals surface area contributed by atoms with Crippen LogP contribution in [0.15, 0.2) is 94.7 Å². The van der Waals surface area contributed by atoms with E-state index in [4.69, 9.17) is 9.47 Å². The third-order valence-corrected chi connectivity index (χ3v) is 6.60. The van der Waals surface area contributed by atoms with Crippen molar-refractivity contribution in [2.75, 3.05) is 0 Å². The van der Waals surface area contributed by atoms with Gasteiger partial charge in [-0.25, -0.2) is 9.59 Å². The van der Waals surface area contributed by atoms with Crippen molar-refractivity contribution in [2.45, 2.75) is 23.6 Å². The zero-order valence-electron chi connectivity index (χ0n) is 20.8. The second kappa shape index (κ2) is 11.7. The van der Waals surface area contributed by atoms with Gasteiger partial charge in [-0.15, -0.1) is 0 Å². The average molecular weight is 543 g/mol. The molecule has 9 heteroatoms. The van der Waals surface area contributed by atoms with E-state index in [1.165, 1.54) is 26.0 Å². The van der Waals surface area contributed by atoms with E-state index in [0.29, 0.717) is 0 Å². The summed E-state index contributed by atoms with van der Waals surface area (Å²) in [7, 11) is 0. The maximum Gasteiger partial charge on any atom is 0.343 e. The van der Waals surface area contributed by atoms with Crippen molar-refractivity contribution in [1.29, 1.82) is 0 Å². The van der Waals surface area contributed by atoms with Gasteiger partial charge in [0.2, 0.25) is 0 Å². The van der Waals surface area contributed by atoms with Crippen molar-refractivity contribution >= 4 is 35.3 Å². The standard InChI is InChI=1S/C30H22O8S/c1-17(31)21-13-27(25(15-23(21)33)37-29(35)19-9-5-3-6-10-19)39-28-14-22(18(2)32)24(34)16-26(28)38-30(36)20-11-7-4-8-12-20/h3-16,33-34H,1-2H3. The number of phenolic OH excluding ortho intramolecular Hbond substituents is 2. The second-order valence-corrected chi connectivity index (χ2v) is 9.44. The van der Waals surface area contributed by atoms with Crippen LogP contribution in [0.25, 0.3) is 0 Å². The zero-order valence-corrected chi connectivity index (χ0v) is 21.7. The Bertz CT molecular complexity index is 1460. The Labute approximate surface area is 227 Å². The fourth-order valence-electron chi connectivity index (χ4n) is 3.57. The average Bonchev–Trinajstić information content (AvgIpc) is 2.91. The predicted octanol–water partition coefficient (Wildman–Crippen LogP) is 6.09. The summed E-state index contributed by atoms with van der Waals surface area (Å²) in [5.41, 5.74) is 0.435. The summed E-state index contributed by atoms with van der Waals surface area (Å²) in [4.78, 5) is 50.3. The highest BCUT2D eigenvalue weighted by Gasteiger charge is 2.22. The van der Waals surface area contributed by atoms with Crippen molar-refractivity contribution in [2.24, 2.45) is 0 Å². The van der Waals surface area contributed by atoms with E-state index in [0.717, 1.165) is 23.9 Å². The number of hydrogen-bond donors (Lipinski definition) is 2. The molecule has 0 spiro atoms. The molecule has 0 fully saturated rings. The maximum absolute atomic E-state index is 12.8. The largest absolute Gasteiger partial charge is 0.507 e. The monoisotopic (exact) mass is 542 g/mol. The number of carbonyl (C=O) groups excluding carboxylic acids is 4. The molecule has 0 bridgehead atoms. The highest BCUT2D eigenvalue weighted by atomic mass is 32.2. The molecule has 0 aliphatic rings. The lowest BCUT2D eigenvalue weighted by molar-refractivity contribution is 0.0721. The number of rotatable bonds is 8. The number of ether oxygens (including phenoxy) is 2. The number of hydrogen-bond acceptors (Lipinski definition) is 9. The minimum Gasteiger partial charge on any atom is -0.507 e. The van der Waals surface area contributed by atoms with E-state index < -0.39 is 35.0 Å². The van der Waals surface area contributed by atoms with Crippen molar-refractivity contribution in [3.05, 3.63) is 107 Å². The molecule has 0 saturated carbocycles. The fraction of sp³-hybridized carbons (Fsp3) is 0.0667. The quantitative estimate of drug-likeness (QED) is 0.154. The summed E-state index contributed by atoms with van der Waals surface area (Å²) in [5, 5.41) is 20.8. The molecule has 8 nitrogen and oxygen atoms in total. The molecule has 0 radical (unpaired) electrons. The van der Waals surface area contributed by atoms with Gasteiger partial charge in [-0.1, -0.05) is 48.2 Å². The van der Waals surface area contributed by atoms with Crippen molar-refractivity contribution in [3.63, 3.8) is 0 Å². The topological polar surface area (TPSA) is 127 Å². The lowest BCUT2D eigenvalue weighted by Crippen LogP contribution is -2.10. The molecule has 0 aromatic heterocycles. The molecule has 0 aliphatic heterocycles. The normalized spacial score (nSPS) is 10.5. The van der Waals surface area contributed by atoms with E-state index in [-0.39, 0.29) is 43.5 Å². The zero-order chi connectivity index (χ0) is 28.1. The van der Waals surface area contributed by atoms with E-state index in [9.17, 15) is 29.4 Å². The molecule has 196 valence electrons. The molecule has 4 rings (SSSR count). The number of carbonyl (C=O) groups is 4. The molecule has 4 aromatic carbocycles. The molecule has 0 saturated heterocycles. The number of aromatic hydroxyl groups is 2. The van der Waals surface area contributed by atoms with E-state index >= 15 is 0 Å². The summed E-state index contributed by atoms with van der Waals surface area (Å²) >= 11 is 0.915. The smallest absolute Gasteiger partial charge is 0.343 e. The van der Waals surface area contributed by atoms with Gasteiger partial charge < -0.3 is 19.7 Å². The Morgan fingerprint density at radius 3 is 1.28 bits per heavy atom. The minimum atomic E-state index is -0.710. The fourth-order valence-corrected chi connectivity index (χ4v) is 4.56. The first kappa shape index (κ1) is 27.2. The molecule has 4 aromatic rings. The number of esters is 2. The van der Waals surface area contributed by atoms with Crippen LogP contribution in [-0.4, -0.2) is 33.7 Å². The predicted molar refractivity (Wildman–Crippen MR) is 143 cm³/mol. The Kier molecular flexibility index (Phi) is 8.12. The first-order valence-corrected chi connectivity index (χ1v) is 12.4. The van der Waals surface area contributed by atoms with Gasteiger partial charge in [0.1, 0.15) is 23.0 Å². The molecule has 39 heavy (non-hydrogen) atoms. The van der Waals surface area contributed by atoms with Gasteiger partial charge >= 0.3 is 11.9 Å². The number of benzene rings is 4. The van der Waals surface area contributed by atoms with Crippen LogP contribution in [0.4, 0.5) is 0 Å². The van der Waals surface area contributed by atoms with Gasteiger partial charge in [-0.2, -0.15) is 0 Å². The molecular weight excluding hydrogens is 520 g/mol. The third-order valence-electron chi connectivity index (χ3n) is 5.53. The molecule has 0 heterocycles. The highest BCUT2D eigenvalue weighted by molar-refractivity contribution is 7.99. The Morgan fingerprint density at radius 2 is 0.949 bits per heavy atom. The van der Waals surface area contributed by atoms with Crippen LogP contribution in [0.2, 0.25) is 0 Å². The number of phenols is 2. The lowest BCUT2D eigenvalue weighted by atomic mass is 10.1. The van der Waals surface area contributed by atoms with Crippen molar-refractivity contribution in [1.82, 2.24) is 0 Å². The van der Waals surface area contributed by atoms with Crippen molar-refractivity contribution in [3.8, 4) is 23.0 Å².